The number of fused-ring (bicyclic) bond motifs is 2. The maximum Gasteiger partial charge on any atom is 0.330 e. The largest absolute Gasteiger partial charge is 0.458 e. The van der Waals surface area contributed by atoms with E-state index < -0.39 is 107 Å². The zero-order chi connectivity index (χ0) is 43.2. The molecule has 0 radical (unpaired) electrons. The summed E-state index contributed by atoms with van der Waals surface area (Å²) in [5.74, 6) is -8.49. The highest BCUT2D eigenvalue weighted by molar-refractivity contribution is 5.91. The highest BCUT2D eigenvalue weighted by atomic mass is 16.7. The molecule has 0 aromatic heterocycles. The minimum Gasteiger partial charge on any atom is -0.458 e. The number of Topliss-reactive ketones (excluding diaryl/α,β-unsaturated/α-hetero) is 2. The molecular weight excluding hydrogens is 732 g/mol. The van der Waals surface area contributed by atoms with Crippen LogP contribution in [0.25, 0.3) is 0 Å². The van der Waals surface area contributed by atoms with Crippen LogP contribution in [0.3, 0.4) is 0 Å². The maximum atomic E-state index is 13.5. The lowest BCUT2D eigenvalue weighted by Crippen LogP contribution is -2.62. The zero-order valence-corrected chi connectivity index (χ0v) is 36.2. The summed E-state index contributed by atoms with van der Waals surface area (Å²) < 4.78 is 19.8. The fraction of sp³-hybridized carbons (Fsp3) is 0.800. The van der Waals surface area contributed by atoms with Crippen molar-refractivity contribution < 1.29 is 59.2 Å². The summed E-state index contributed by atoms with van der Waals surface area (Å²) in [7, 11) is 0. The monoisotopic (exact) mass is 807 g/mol. The average Bonchev–Trinajstić information content (AvgIpc) is 3.17. The summed E-state index contributed by atoms with van der Waals surface area (Å²) in [6.07, 6.45) is 5.74. The molecule has 3 aliphatic rings. The number of hydrogen-bond acceptors (Lipinski definition) is 12. The van der Waals surface area contributed by atoms with E-state index in [1.807, 2.05) is 32.9 Å². The number of aliphatic hydroxyl groups is 6. The average molecular weight is 807 g/mol. The Bertz CT molecular complexity index is 1420. The lowest BCUT2D eigenvalue weighted by Gasteiger charge is -2.55. The van der Waals surface area contributed by atoms with Gasteiger partial charge in [0.25, 0.3) is 0 Å². The molecule has 0 aromatic rings. The zero-order valence-electron chi connectivity index (χ0n) is 36.2. The van der Waals surface area contributed by atoms with E-state index in [1.165, 1.54) is 39.8 Å². The molecule has 2 bridgehead atoms. The molecule has 0 saturated carbocycles. The molecule has 12 nitrogen and oxygen atoms in total. The van der Waals surface area contributed by atoms with Gasteiger partial charge in [-0.1, -0.05) is 92.7 Å². The van der Waals surface area contributed by atoms with Crippen LogP contribution in [0.5, 0.6) is 0 Å². The van der Waals surface area contributed by atoms with Crippen molar-refractivity contribution in [2.45, 2.75) is 175 Å². The minimum absolute atomic E-state index is 0.164. The number of aliphatic hydroxyl groups excluding tert-OH is 5. The van der Waals surface area contributed by atoms with Gasteiger partial charge in [0, 0.05) is 60.3 Å². The van der Waals surface area contributed by atoms with E-state index in [4.69, 9.17) is 14.2 Å². The first-order valence-corrected chi connectivity index (χ1v) is 21.3. The molecule has 0 aromatic carbocycles. The predicted molar refractivity (Wildman–Crippen MR) is 216 cm³/mol. The van der Waals surface area contributed by atoms with Crippen LogP contribution in [0, 0.1) is 53.3 Å². The summed E-state index contributed by atoms with van der Waals surface area (Å²) in [5, 5.41) is 66.7. The Kier molecular flexibility index (Phi) is 17.9. The van der Waals surface area contributed by atoms with Gasteiger partial charge < -0.3 is 44.8 Å². The Morgan fingerprint density at radius 1 is 0.860 bits per heavy atom. The minimum atomic E-state index is -2.22. The molecule has 0 unspecified atom stereocenters. The van der Waals surface area contributed by atoms with Crippen LogP contribution in [-0.4, -0.2) is 108 Å². The molecular formula is C45H74O12. The number of carbonyl (C=O) groups is 3. The van der Waals surface area contributed by atoms with Crippen LogP contribution in [0.1, 0.15) is 115 Å². The fourth-order valence-corrected chi connectivity index (χ4v) is 9.07. The third-order valence-corrected chi connectivity index (χ3v) is 13.5. The fourth-order valence-electron chi connectivity index (χ4n) is 9.07. The van der Waals surface area contributed by atoms with Crippen molar-refractivity contribution in [1.82, 2.24) is 0 Å². The van der Waals surface area contributed by atoms with Gasteiger partial charge in [0.1, 0.15) is 17.5 Å². The highest BCUT2D eigenvalue weighted by Gasteiger charge is 2.56. The number of esters is 1. The second kappa shape index (κ2) is 20.8. The topological polar surface area (TPSA) is 200 Å². The molecule has 3 aliphatic heterocycles. The summed E-state index contributed by atoms with van der Waals surface area (Å²) >= 11 is 0. The van der Waals surface area contributed by atoms with Crippen molar-refractivity contribution in [3.63, 3.8) is 0 Å². The van der Waals surface area contributed by atoms with E-state index >= 15 is 0 Å². The Morgan fingerprint density at radius 3 is 2.11 bits per heavy atom. The van der Waals surface area contributed by atoms with Gasteiger partial charge in [0.05, 0.1) is 42.7 Å². The Morgan fingerprint density at radius 2 is 1.49 bits per heavy atom. The van der Waals surface area contributed by atoms with Gasteiger partial charge in [-0.25, -0.2) is 4.79 Å². The first-order chi connectivity index (χ1) is 26.5. The van der Waals surface area contributed by atoms with Crippen LogP contribution < -0.4 is 0 Å². The molecule has 326 valence electrons. The Labute approximate surface area is 340 Å². The van der Waals surface area contributed by atoms with Crippen molar-refractivity contribution in [3.8, 4) is 0 Å². The number of allylic oxidation sites excluding steroid dienone is 3. The summed E-state index contributed by atoms with van der Waals surface area (Å²) in [4.78, 5) is 40.6. The molecule has 3 heterocycles. The first-order valence-electron chi connectivity index (χ1n) is 21.3. The smallest absolute Gasteiger partial charge is 0.330 e. The van der Waals surface area contributed by atoms with E-state index in [9.17, 15) is 45.0 Å². The third kappa shape index (κ3) is 11.7. The summed E-state index contributed by atoms with van der Waals surface area (Å²) in [5.41, 5.74) is -2.22. The molecule has 1 spiro atoms. The van der Waals surface area contributed by atoms with Crippen molar-refractivity contribution >= 4 is 17.5 Å². The number of hydrogen-bond donors (Lipinski definition) is 6. The van der Waals surface area contributed by atoms with Crippen LogP contribution in [0.4, 0.5) is 0 Å². The lowest BCUT2D eigenvalue weighted by atomic mass is 9.74. The molecule has 0 amide bonds. The highest BCUT2D eigenvalue weighted by Crippen LogP contribution is 2.49. The Balaban J connectivity index is 2.02. The standard InChI is InChI=1S/C45H74O12/c1-12-33-17-15-13-14-16-26(4)42(52)44(11,54)43(53)31(9)40(51)30(8)39(50)29(7)38(49)25(3)18-19-37(48)55-41-28(6)36(23-34(33)47)57-45(32(41)10)21-20-24(2)35(56-45)22-27(5)46/h13-15,17-19,24-36,38,40-42,46-47,49,51-52,54H,12,16,20-23H2,1-11H3/b14-13-,17-15-,19-18-/t24-,25-,26+,27+,28+,29-,30-,31-,32-,33-,34+,35-,36-,38+,40+,41+,42-,44+,45+/m0/s1. The second-order valence-corrected chi connectivity index (χ2v) is 18.1. The number of ether oxygens (including phenoxy) is 3. The number of carbonyl (C=O) groups excluding carboxylic acids is 3. The first kappa shape index (κ1) is 49.1. The van der Waals surface area contributed by atoms with E-state index in [2.05, 4.69) is 6.92 Å². The molecule has 6 N–H and O–H groups in total. The number of ketones is 2. The van der Waals surface area contributed by atoms with Crippen LogP contribution >= 0.6 is 0 Å². The van der Waals surface area contributed by atoms with Gasteiger partial charge in [-0.05, 0) is 51.4 Å². The van der Waals surface area contributed by atoms with Gasteiger partial charge in [-0.3, -0.25) is 9.59 Å². The number of rotatable bonds is 3. The predicted octanol–water partition coefficient (Wildman–Crippen LogP) is 4.85. The van der Waals surface area contributed by atoms with Gasteiger partial charge in [0.2, 0.25) is 0 Å². The molecule has 19 atom stereocenters. The van der Waals surface area contributed by atoms with E-state index in [-0.39, 0.29) is 30.3 Å². The van der Waals surface area contributed by atoms with Gasteiger partial charge in [-0.15, -0.1) is 0 Å². The van der Waals surface area contributed by atoms with Crippen molar-refractivity contribution in [2.24, 2.45) is 53.3 Å². The Hall–Kier alpha value is -2.29. The van der Waals surface area contributed by atoms with Crippen LogP contribution in [0.2, 0.25) is 0 Å². The van der Waals surface area contributed by atoms with Gasteiger partial charge in [-0.2, -0.15) is 0 Å². The van der Waals surface area contributed by atoms with Crippen molar-refractivity contribution in [3.05, 3.63) is 36.5 Å². The third-order valence-electron chi connectivity index (χ3n) is 13.5. The van der Waals surface area contributed by atoms with Crippen LogP contribution in [0.15, 0.2) is 36.5 Å². The lowest BCUT2D eigenvalue weighted by molar-refractivity contribution is -0.372. The van der Waals surface area contributed by atoms with E-state index in [1.54, 1.807) is 32.9 Å². The summed E-state index contributed by atoms with van der Waals surface area (Å²) in [6.45, 7) is 18.6. The molecule has 57 heavy (non-hydrogen) atoms. The SMILES string of the molecule is CC[C@H]1/C=C\C=C/C[C@@H](C)[C@H](O)[C@@](C)(O)C(=O)[C@@H](C)[C@H](O)[C@@H](C)C(=O)[C@@H](C)[C@H](O)[C@@H](C)/C=C\C(=O)O[C@@H]2[C@H](C)[C@H](C[C@H]1O)O[C@]1(CC[C@H](C)[C@H](C[C@@H](C)O)O1)[C@H]2C. The van der Waals surface area contributed by atoms with Crippen molar-refractivity contribution in [1.29, 1.82) is 0 Å². The summed E-state index contributed by atoms with van der Waals surface area (Å²) in [6, 6.07) is 0. The molecule has 3 rings (SSSR count). The molecule has 2 saturated heterocycles. The second-order valence-electron chi connectivity index (χ2n) is 18.1. The van der Waals surface area contributed by atoms with Crippen LogP contribution in [-0.2, 0) is 28.6 Å². The van der Waals surface area contributed by atoms with Crippen molar-refractivity contribution in [2.75, 3.05) is 0 Å². The normalized spacial score (nSPS) is 47.5. The van der Waals surface area contributed by atoms with E-state index in [0.29, 0.717) is 25.7 Å². The van der Waals surface area contributed by atoms with Gasteiger partial charge >= 0.3 is 5.97 Å². The molecule has 2 fully saturated rings. The van der Waals surface area contributed by atoms with Gasteiger partial charge in [0.15, 0.2) is 11.6 Å². The molecule has 12 heteroatoms. The maximum absolute atomic E-state index is 13.5. The quantitative estimate of drug-likeness (QED) is 0.212. The molecule has 0 aliphatic carbocycles. The van der Waals surface area contributed by atoms with E-state index in [0.717, 1.165) is 6.42 Å².